The van der Waals surface area contributed by atoms with Crippen LogP contribution >= 0.6 is 12.4 Å². The van der Waals surface area contributed by atoms with E-state index in [1.165, 1.54) is 19.1 Å². The molecule has 0 aromatic heterocycles. The van der Waals surface area contributed by atoms with Crippen LogP contribution in [0.2, 0.25) is 0 Å². The third kappa shape index (κ3) is 4.00. The summed E-state index contributed by atoms with van der Waals surface area (Å²) in [6.45, 7) is 1.54. The van der Waals surface area contributed by atoms with E-state index >= 15 is 0 Å². The number of nitrogens with two attached hydrogens (primary N) is 1. The molecule has 2 atom stereocenters. The van der Waals surface area contributed by atoms with E-state index in [1.807, 2.05) is 30.3 Å². The minimum atomic E-state index is -1.10. The van der Waals surface area contributed by atoms with Crippen molar-refractivity contribution in [3.05, 3.63) is 70.8 Å². The number of aliphatic hydroxyl groups excluding tert-OH is 1. The molecule has 0 aliphatic carbocycles. The summed E-state index contributed by atoms with van der Waals surface area (Å²) in [4.78, 5) is 0. The Morgan fingerprint density at radius 2 is 1.71 bits per heavy atom. The standard InChI is InChI=1S/C16H17F2NO.ClH/c1-10-7-8-12(17)14(15(10)18)16(19)13(20)9-11-5-3-2-4-6-11;/h2-8,13,16,20H,9,19H2,1H3;1H/t13-,16-;/m0./s1. The predicted molar refractivity (Wildman–Crippen MR) is 81.4 cm³/mol. The van der Waals surface area contributed by atoms with E-state index in [0.717, 1.165) is 5.56 Å². The number of benzene rings is 2. The van der Waals surface area contributed by atoms with E-state index in [-0.39, 0.29) is 24.4 Å². The molecule has 21 heavy (non-hydrogen) atoms. The van der Waals surface area contributed by atoms with Crippen molar-refractivity contribution in [2.45, 2.75) is 25.5 Å². The molecule has 0 spiro atoms. The Morgan fingerprint density at radius 1 is 1.10 bits per heavy atom. The van der Waals surface area contributed by atoms with Crippen LogP contribution in [0.1, 0.15) is 22.7 Å². The molecule has 0 aliphatic heterocycles. The van der Waals surface area contributed by atoms with Crippen molar-refractivity contribution in [3.63, 3.8) is 0 Å². The van der Waals surface area contributed by atoms with Gasteiger partial charge >= 0.3 is 0 Å². The number of rotatable bonds is 4. The fourth-order valence-electron chi connectivity index (χ4n) is 2.16. The molecule has 114 valence electrons. The molecule has 0 aliphatic rings. The largest absolute Gasteiger partial charge is 0.391 e. The van der Waals surface area contributed by atoms with Gasteiger partial charge in [-0.1, -0.05) is 36.4 Å². The lowest BCUT2D eigenvalue weighted by Crippen LogP contribution is -2.30. The number of hydrogen-bond acceptors (Lipinski definition) is 2. The van der Waals surface area contributed by atoms with E-state index in [0.29, 0.717) is 5.56 Å². The van der Waals surface area contributed by atoms with Crippen LogP contribution in [0.4, 0.5) is 8.78 Å². The smallest absolute Gasteiger partial charge is 0.133 e. The zero-order valence-electron chi connectivity index (χ0n) is 11.6. The summed E-state index contributed by atoms with van der Waals surface area (Å²) in [7, 11) is 0. The lowest BCUT2D eigenvalue weighted by molar-refractivity contribution is 0.141. The average Bonchev–Trinajstić information content (AvgIpc) is 2.44. The van der Waals surface area contributed by atoms with Gasteiger partial charge in [0.2, 0.25) is 0 Å². The van der Waals surface area contributed by atoms with Gasteiger partial charge in [-0.05, 0) is 24.1 Å². The lowest BCUT2D eigenvalue weighted by atomic mass is 9.95. The van der Waals surface area contributed by atoms with Crippen molar-refractivity contribution in [3.8, 4) is 0 Å². The molecule has 2 nitrogen and oxygen atoms in total. The maximum absolute atomic E-state index is 14.0. The summed E-state index contributed by atoms with van der Waals surface area (Å²) < 4.78 is 27.7. The molecule has 0 amide bonds. The van der Waals surface area contributed by atoms with Gasteiger partial charge in [0.25, 0.3) is 0 Å². The van der Waals surface area contributed by atoms with Crippen LogP contribution in [0, 0.1) is 18.6 Å². The maximum atomic E-state index is 14.0. The van der Waals surface area contributed by atoms with Gasteiger partial charge in [0, 0.05) is 12.0 Å². The second kappa shape index (κ2) is 7.50. The summed E-state index contributed by atoms with van der Waals surface area (Å²) in [5.74, 6) is -1.42. The van der Waals surface area contributed by atoms with Crippen LogP contribution in [0.3, 0.4) is 0 Å². The highest BCUT2D eigenvalue weighted by Gasteiger charge is 2.24. The molecule has 0 radical (unpaired) electrons. The van der Waals surface area contributed by atoms with Crippen LogP contribution in [0.25, 0.3) is 0 Å². The van der Waals surface area contributed by atoms with Gasteiger partial charge in [-0.2, -0.15) is 0 Å². The van der Waals surface area contributed by atoms with Crippen LogP contribution in [0.5, 0.6) is 0 Å². The van der Waals surface area contributed by atoms with E-state index < -0.39 is 23.8 Å². The van der Waals surface area contributed by atoms with Crippen molar-refractivity contribution in [2.75, 3.05) is 0 Å². The second-order valence-electron chi connectivity index (χ2n) is 4.87. The van der Waals surface area contributed by atoms with Crippen LogP contribution < -0.4 is 5.73 Å². The first-order chi connectivity index (χ1) is 9.50. The normalized spacial score (nSPS) is 13.4. The number of halogens is 3. The molecule has 2 aromatic rings. The summed E-state index contributed by atoms with van der Waals surface area (Å²) in [5, 5.41) is 10.1. The molecule has 0 saturated carbocycles. The van der Waals surface area contributed by atoms with Gasteiger partial charge in [0.15, 0.2) is 0 Å². The molecule has 0 fully saturated rings. The zero-order chi connectivity index (χ0) is 14.7. The highest BCUT2D eigenvalue weighted by Crippen LogP contribution is 2.25. The van der Waals surface area contributed by atoms with E-state index in [4.69, 9.17) is 5.73 Å². The number of hydrogen-bond donors (Lipinski definition) is 2. The summed E-state index contributed by atoms with van der Waals surface area (Å²) in [6.07, 6.45) is -0.808. The van der Waals surface area contributed by atoms with Gasteiger partial charge in [0.05, 0.1) is 12.1 Å². The Bertz CT molecular complexity index is 592. The third-order valence-electron chi connectivity index (χ3n) is 3.36. The Balaban J connectivity index is 0.00000220. The first kappa shape index (κ1) is 17.6. The van der Waals surface area contributed by atoms with Crippen molar-refractivity contribution in [1.82, 2.24) is 0 Å². The van der Waals surface area contributed by atoms with Crippen molar-refractivity contribution in [1.29, 1.82) is 0 Å². The molecule has 0 saturated heterocycles. The SMILES string of the molecule is Cc1ccc(F)c([C@@H](N)[C@@H](O)Cc2ccccc2)c1F.Cl. The molecular weight excluding hydrogens is 296 g/mol. The quantitative estimate of drug-likeness (QED) is 0.910. The lowest BCUT2D eigenvalue weighted by Gasteiger charge is -2.21. The number of aliphatic hydroxyl groups is 1. The van der Waals surface area contributed by atoms with Crippen molar-refractivity contribution >= 4 is 12.4 Å². The van der Waals surface area contributed by atoms with Crippen LogP contribution in [-0.2, 0) is 6.42 Å². The Hall–Kier alpha value is -1.49. The molecule has 0 bridgehead atoms. The first-order valence-corrected chi connectivity index (χ1v) is 6.42. The van der Waals surface area contributed by atoms with Gasteiger partial charge in [-0.3, -0.25) is 0 Å². The Morgan fingerprint density at radius 3 is 2.33 bits per heavy atom. The first-order valence-electron chi connectivity index (χ1n) is 6.42. The van der Waals surface area contributed by atoms with E-state index in [9.17, 15) is 13.9 Å². The molecule has 2 aromatic carbocycles. The monoisotopic (exact) mass is 313 g/mol. The maximum Gasteiger partial charge on any atom is 0.133 e. The third-order valence-corrected chi connectivity index (χ3v) is 3.36. The summed E-state index contributed by atoms with van der Waals surface area (Å²) in [5.41, 5.74) is 6.74. The van der Waals surface area contributed by atoms with Gasteiger partial charge < -0.3 is 10.8 Å². The van der Waals surface area contributed by atoms with Crippen LogP contribution in [-0.4, -0.2) is 11.2 Å². The Labute approximate surface area is 129 Å². The van der Waals surface area contributed by atoms with Gasteiger partial charge in [-0.25, -0.2) is 8.78 Å². The summed E-state index contributed by atoms with van der Waals surface area (Å²) in [6, 6.07) is 10.6. The second-order valence-corrected chi connectivity index (χ2v) is 4.87. The van der Waals surface area contributed by atoms with Crippen LogP contribution in [0.15, 0.2) is 42.5 Å². The molecule has 0 heterocycles. The van der Waals surface area contributed by atoms with Crippen molar-refractivity contribution < 1.29 is 13.9 Å². The van der Waals surface area contributed by atoms with E-state index in [1.54, 1.807) is 0 Å². The molecule has 3 N–H and O–H groups in total. The molecule has 0 unspecified atom stereocenters. The highest BCUT2D eigenvalue weighted by molar-refractivity contribution is 5.85. The predicted octanol–water partition coefficient (Wildman–Crippen LogP) is 3.30. The van der Waals surface area contributed by atoms with E-state index in [2.05, 4.69) is 0 Å². The minimum absolute atomic E-state index is 0. The Kier molecular flexibility index (Phi) is 6.27. The highest BCUT2D eigenvalue weighted by atomic mass is 35.5. The zero-order valence-corrected chi connectivity index (χ0v) is 12.4. The number of aryl methyl sites for hydroxylation is 1. The summed E-state index contributed by atoms with van der Waals surface area (Å²) >= 11 is 0. The fraction of sp³-hybridized carbons (Fsp3) is 0.250. The molecular formula is C16H18ClF2NO. The minimum Gasteiger partial charge on any atom is -0.391 e. The fourth-order valence-corrected chi connectivity index (χ4v) is 2.16. The van der Waals surface area contributed by atoms with Gasteiger partial charge in [-0.15, -0.1) is 12.4 Å². The van der Waals surface area contributed by atoms with Crippen molar-refractivity contribution in [2.24, 2.45) is 5.73 Å². The molecule has 5 heteroatoms. The molecule has 2 rings (SSSR count). The topological polar surface area (TPSA) is 46.2 Å². The average molecular weight is 314 g/mol. The van der Waals surface area contributed by atoms with Gasteiger partial charge in [0.1, 0.15) is 11.6 Å².